The van der Waals surface area contributed by atoms with Gasteiger partial charge in [-0.1, -0.05) is 23.7 Å². The molecular weight excluding hydrogens is 442 g/mol. The summed E-state index contributed by atoms with van der Waals surface area (Å²) in [6.45, 7) is 5.85. The second-order valence-corrected chi connectivity index (χ2v) is 10.3. The van der Waals surface area contributed by atoms with Crippen LogP contribution in [0.3, 0.4) is 0 Å². The van der Waals surface area contributed by atoms with Gasteiger partial charge in [0.25, 0.3) is 0 Å². The Bertz CT molecular complexity index is 1020. The molecule has 0 saturated carbocycles. The SMILES string of the molecule is CC1(C)Oc2ccc(Cl)cc2[C@@H]2O[C@@H]3CCCN(Cc4ccc(OCC(=O)O)cc4)[C@@H]3C[C@H]21. The van der Waals surface area contributed by atoms with E-state index < -0.39 is 5.97 Å². The van der Waals surface area contributed by atoms with E-state index in [2.05, 4.69) is 18.7 Å². The first-order valence-electron chi connectivity index (χ1n) is 11.6. The number of hydrogen-bond donors (Lipinski definition) is 1. The summed E-state index contributed by atoms with van der Waals surface area (Å²) >= 11 is 6.32. The zero-order valence-corrected chi connectivity index (χ0v) is 19.8. The molecule has 2 aromatic carbocycles. The second kappa shape index (κ2) is 8.82. The maximum Gasteiger partial charge on any atom is 0.341 e. The first-order valence-corrected chi connectivity index (χ1v) is 12.0. The minimum Gasteiger partial charge on any atom is -0.487 e. The number of hydrogen-bond acceptors (Lipinski definition) is 5. The number of nitrogens with zero attached hydrogens (tertiary/aromatic N) is 1. The van der Waals surface area contributed by atoms with Gasteiger partial charge in [-0.05, 0) is 75.5 Å². The molecule has 2 saturated heterocycles. The Morgan fingerprint density at radius 3 is 2.79 bits per heavy atom. The third-order valence-electron chi connectivity index (χ3n) is 7.23. The molecule has 33 heavy (non-hydrogen) atoms. The van der Waals surface area contributed by atoms with E-state index >= 15 is 0 Å². The van der Waals surface area contributed by atoms with E-state index in [1.807, 2.05) is 42.5 Å². The predicted octanol–water partition coefficient (Wildman–Crippen LogP) is 5.09. The van der Waals surface area contributed by atoms with Crippen LogP contribution >= 0.6 is 11.6 Å². The van der Waals surface area contributed by atoms with Crippen LogP contribution in [0.25, 0.3) is 0 Å². The molecule has 2 fully saturated rings. The van der Waals surface area contributed by atoms with Crippen LogP contribution < -0.4 is 9.47 Å². The van der Waals surface area contributed by atoms with Crippen molar-refractivity contribution in [2.24, 2.45) is 5.92 Å². The molecule has 3 aliphatic heterocycles. The second-order valence-electron chi connectivity index (χ2n) is 9.83. The number of piperidine rings is 1. The van der Waals surface area contributed by atoms with Gasteiger partial charge in [0, 0.05) is 29.1 Å². The molecule has 1 N–H and O–H groups in total. The summed E-state index contributed by atoms with van der Waals surface area (Å²) < 4.78 is 18.5. The predicted molar refractivity (Wildman–Crippen MR) is 125 cm³/mol. The normalized spacial score (nSPS) is 28.1. The number of likely N-dealkylation sites (tertiary alicyclic amines) is 1. The van der Waals surface area contributed by atoms with E-state index in [1.54, 1.807) is 0 Å². The molecule has 0 amide bonds. The molecule has 0 aromatic heterocycles. The molecule has 5 rings (SSSR count). The van der Waals surface area contributed by atoms with E-state index in [0.29, 0.717) is 16.8 Å². The number of carboxylic acids is 1. The third-order valence-corrected chi connectivity index (χ3v) is 7.47. The van der Waals surface area contributed by atoms with Crippen molar-refractivity contribution >= 4 is 17.6 Å². The lowest BCUT2D eigenvalue weighted by molar-refractivity contribution is -0.190. The maximum atomic E-state index is 10.7. The van der Waals surface area contributed by atoms with Crippen molar-refractivity contribution in [1.29, 1.82) is 0 Å². The van der Waals surface area contributed by atoms with Crippen LogP contribution in [0.2, 0.25) is 5.02 Å². The van der Waals surface area contributed by atoms with Gasteiger partial charge >= 0.3 is 5.97 Å². The largest absolute Gasteiger partial charge is 0.487 e. The lowest BCUT2D eigenvalue weighted by Crippen LogP contribution is -2.58. The summed E-state index contributed by atoms with van der Waals surface area (Å²) in [7, 11) is 0. The van der Waals surface area contributed by atoms with Gasteiger partial charge in [0.05, 0.1) is 12.2 Å². The molecule has 2 aromatic rings. The fourth-order valence-electron chi connectivity index (χ4n) is 5.61. The van der Waals surface area contributed by atoms with Gasteiger partial charge in [-0.25, -0.2) is 4.79 Å². The molecule has 7 heteroatoms. The van der Waals surface area contributed by atoms with E-state index in [4.69, 9.17) is 30.9 Å². The van der Waals surface area contributed by atoms with Crippen LogP contribution in [0.5, 0.6) is 11.5 Å². The van der Waals surface area contributed by atoms with Gasteiger partial charge in [-0.15, -0.1) is 0 Å². The monoisotopic (exact) mass is 471 g/mol. The Labute approximate surface area is 199 Å². The van der Waals surface area contributed by atoms with Crippen molar-refractivity contribution in [3.63, 3.8) is 0 Å². The Balaban J connectivity index is 1.33. The highest BCUT2D eigenvalue weighted by Crippen LogP contribution is 2.52. The van der Waals surface area contributed by atoms with Gasteiger partial charge in [0.1, 0.15) is 17.1 Å². The number of rotatable bonds is 5. The van der Waals surface area contributed by atoms with E-state index in [9.17, 15) is 4.79 Å². The first kappa shape index (κ1) is 22.5. The highest BCUT2D eigenvalue weighted by atomic mass is 35.5. The lowest BCUT2D eigenvalue weighted by Gasteiger charge is -2.54. The number of halogens is 1. The van der Waals surface area contributed by atoms with Gasteiger partial charge < -0.3 is 19.3 Å². The number of carbonyl (C=O) groups is 1. The Morgan fingerprint density at radius 1 is 1.24 bits per heavy atom. The highest BCUT2D eigenvalue weighted by Gasteiger charge is 2.52. The quantitative estimate of drug-likeness (QED) is 0.655. The summed E-state index contributed by atoms with van der Waals surface area (Å²) in [6, 6.07) is 13.9. The number of benzene rings is 2. The van der Waals surface area contributed by atoms with Crippen LogP contribution in [0.15, 0.2) is 42.5 Å². The summed E-state index contributed by atoms with van der Waals surface area (Å²) in [5, 5.41) is 9.49. The van der Waals surface area contributed by atoms with E-state index in [-0.39, 0.29) is 30.3 Å². The molecule has 3 aliphatic rings. The molecule has 0 unspecified atom stereocenters. The van der Waals surface area contributed by atoms with Crippen molar-refractivity contribution in [3.05, 3.63) is 58.6 Å². The molecule has 0 aliphatic carbocycles. The van der Waals surface area contributed by atoms with Crippen LogP contribution in [0.4, 0.5) is 0 Å². The Morgan fingerprint density at radius 2 is 2.03 bits per heavy atom. The number of ether oxygens (including phenoxy) is 3. The standard InChI is InChI=1S/C26H30ClNO5/c1-26(2)20-13-21-23(32-25(20)19-12-17(27)7-10-22(19)33-26)4-3-11-28(21)14-16-5-8-18(9-6-16)31-15-24(29)30/h5-10,12,20-21,23,25H,3-4,11,13-15H2,1-2H3,(H,29,30)/t20-,21-,23-,25+/m1/s1. The first-order chi connectivity index (χ1) is 15.8. The topological polar surface area (TPSA) is 68.2 Å². The molecule has 3 heterocycles. The molecule has 6 nitrogen and oxygen atoms in total. The van der Waals surface area contributed by atoms with Crippen LogP contribution in [-0.4, -0.2) is 46.9 Å². The average Bonchev–Trinajstić information content (AvgIpc) is 2.78. The van der Waals surface area contributed by atoms with Crippen molar-refractivity contribution < 1.29 is 24.1 Å². The summed E-state index contributed by atoms with van der Waals surface area (Å²) in [4.78, 5) is 13.2. The summed E-state index contributed by atoms with van der Waals surface area (Å²) in [5.74, 6) is 0.701. The fraction of sp³-hybridized carbons (Fsp3) is 0.500. The summed E-state index contributed by atoms with van der Waals surface area (Å²) in [5.41, 5.74) is 1.92. The summed E-state index contributed by atoms with van der Waals surface area (Å²) in [6.07, 6.45) is 3.34. The van der Waals surface area contributed by atoms with E-state index in [0.717, 1.165) is 43.7 Å². The zero-order chi connectivity index (χ0) is 23.2. The number of aliphatic carboxylic acids is 1. The molecule has 4 atom stereocenters. The van der Waals surface area contributed by atoms with Crippen molar-refractivity contribution in [1.82, 2.24) is 4.90 Å². The van der Waals surface area contributed by atoms with Gasteiger partial charge in [0.2, 0.25) is 0 Å². The Kier molecular flexibility index (Phi) is 6.02. The van der Waals surface area contributed by atoms with Crippen molar-refractivity contribution in [3.8, 4) is 11.5 Å². The number of carboxylic acid groups (broad SMARTS) is 1. The van der Waals surface area contributed by atoms with Crippen LogP contribution in [0, 0.1) is 5.92 Å². The third kappa shape index (κ3) is 4.57. The van der Waals surface area contributed by atoms with Crippen LogP contribution in [-0.2, 0) is 16.1 Å². The van der Waals surface area contributed by atoms with Gasteiger partial charge in [0.15, 0.2) is 6.61 Å². The average molecular weight is 472 g/mol. The highest BCUT2D eigenvalue weighted by molar-refractivity contribution is 6.30. The zero-order valence-electron chi connectivity index (χ0n) is 19.0. The molecular formula is C26H30ClNO5. The van der Waals surface area contributed by atoms with Crippen molar-refractivity contribution in [2.75, 3.05) is 13.2 Å². The lowest BCUT2D eigenvalue weighted by atomic mass is 9.72. The minimum atomic E-state index is -0.978. The van der Waals surface area contributed by atoms with Gasteiger partial charge in [-0.2, -0.15) is 0 Å². The molecule has 0 bridgehead atoms. The van der Waals surface area contributed by atoms with Gasteiger partial charge in [-0.3, -0.25) is 4.90 Å². The Hall–Kier alpha value is -2.28. The number of fused-ring (bicyclic) bond motifs is 4. The molecule has 176 valence electrons. The van der Waals surface area contributed by atoms with E-state index in [1.165, 1.54) is 5.56 Å². The smallest absolute Gasteiger partial charge is 0.341 e. The van der Waals surface area contributed by atoms with Crippen LogP contribution in [0.1, 0.15) is 50.3 Å². The maximum absolute atomic E-state index is 10.7. The minimum absolute atomic E-state index is 0.00526. The fourth-order valence-corrected chi connectivity index (χ4v) is 5.80. The molecule has 0 spiro atoms. The van der Waals surface area contributed by atoms with Crippen molar-refractivity contribution in [2.45, 2.75) is 63.5 Å². The molecule has 0 radical (unpaired) electrons.